The van der Waals surface area contributed by atoms with Crippen LogP contribution in [0.25, 0.3) is 10.6 Å². The highest BCUT2D eigenvalue weighted by Gasteiger charge is 2.14. The summed E-state index contributed by atoms with van der Waals surface area (Å²) in [6.45, 7) is 6.30. The smallest absolute Gasteiger partial charge is 0.355 e. The van der Waals surface area contributed by atoms with Crippen LogP contribution >= 0.6 is 11.3 Å². The van der Waals surface area contributed by atoms with Crippen LogP contribution in [0.4, 0.5) is 0 Å². The Morgan fingerprint density at radius 3 is 2.76 bits per heavy atom. The van der Waals surface area contributed by atoms with E-state index >= 15 is 0 Å². The fraction of sp³-hybridized carbons (Fsp3) is 0.444. The fourth-order valence-corrected chi connectivity index (χ4v) is 3.62. The average Bonchev–Trinajstić information content (AvgIpc) is 3.28. The molecule has 1 saturated heterocycles. The predicted molar refractivity (Wildman–Crippen MR) is 96.8 cm³/mol. The van der Waals surface area contributed by atoms with Gasteiger partial charge in [-0.2, -0.15) is 0 Å². The number of benzene rings is 1. The number of hydrogen-bond acceptors (Lipinski definition) is 6. The first kappa shape index (κ1) is 17.7. The second kappa shape index (κ2) is 8.31. The second-order valence-corrected chi connectivity index (χ2v) is 6.69. The van der Waals surface area contributed by atoms with Gasteiger partial charge in [0.1, 0.15) is 11.6 Å². The van der Waals surface area contributed by atoms with Crippen LogP contribution in [0.3, 0.4) is 0 Å². The van der Waals surface area contributed by atoms with Crippen molar-refractivity contribution in [3.05, 3.63) is 29.3 Å². The molecule has 3 rings (SSSR count). The summed E-state index contributed by atoms with van der Waals surface area (Å²) in [5.74, 6) is 0.350. The Balaban J connectivity index is 1.71. The molecule has 0 atom stereocenters. The number of aromatic nitrogens is 1. The van der Waals surface area contributed by atoms with E-state index in [-0.39, 0.29) is 5.69 Å². The van der Waals surface area contributed by atoms with Crippen molar-refractivity contribution in [1.82, 2.24) is 9.88 Å². The highest BCUT2D eigenvalue weighted by Crippen LogP contribution is 2.34. The lowest BCUT2D eigenvalue weighted by Gasteiger charge is -2.17. The lowest BCUT2D eigenvalue weighted by Crippen LogP contribution is -2.25. The van der Waals surface area contributed by atoms with E-state index in [1.165, 1.54) is 24.2 Å². The average molecular weight is 362 g/mol. The SMILES string of the molecule is CCOc1cc(-c2nc(C(=O)O)cs2)ccc1OCCN1CCCC1. The number of rotatable bonds is 8. The highest BCUT2D eigenvalue weighted by atomic mass is 32.1. The minimum atomic E-state index is -1.02. The Bertz CT molecular complexity index is 726. The maximum absolute atomic E-state index is 11.0. The third kappa shape index (κ3) is 4.49. The molecule has 6 nitrogen and oxygen atoms in total. The van der Waals surface area contributed by atoms with Crippen molar-refractivity contribution in [1.29, 1.82) is 0 Å². The van der Waals surface area contributed by atoms with Crippen LogP contribution in [0, 0.1) is 0 Å². The molecule has 0 spiro atoms. The summed E-state index contributed by atoms with van der Waals surface area (Å²) in [6, 6.07) is 5.61. The largest absolute Gasteiger partial charge is 0.490 e. The predicted octanol–water partition coefficient (Wildman–Crippen LogP) is 3.38. The molecular formula is C18H22N2O4S. The van der Waals surface area contributed by atoms with Crippen LogP contribution in [0.2, 0.25) is 0 Å². The first-order chi connectivity index (χ1) is 12.2. The number of likely N-dealkylation sites (tertiary alicyclic amines) is 1. The van der Waals surface area contributed by atoms with E-state index in [1.54, 1.807) is 5.38 Å². The molecule has 1 fully saturated rings. The van der Waals surface area contributed by atoms with Crippen molar-refractivity contribution in [3.8, 4) is 22.1 Å². The van der Waals surface area contributed by atoms with Crippen LogP contribution in [0.1, 0.15) is 30.3 Å². The summed E-state index contributed by atoms with van der Waals surface area (Å²) in [7, 11) is 0. The van der Waals surface area contributed by atoms with Crippen LogP contribution in [-0.2, 0) is 0 Å². The molecule has 2 aromatic rings. The fourth-order valence-electron chi connectivity index (χ4n) is 2.82. The third-order valence-electron chi connectivity index (χ3n) is 4.08. The van der Waals surface area contributed by atoms with Crippen molar-refractivity contribution in [3.63, 3.8) is 0 Å². The number of carboxylic acids is 1. The third-order valence-corrected chi connectivity index (χ3v) is 4.97. The maximum atomic E-state index is 11.0. The van der Waals surface area contributed by atoms with Gasteiger partial charge < -0.3 is 14.6 Å². The van der Waals surface area contributed by atoms with Crippen LogP contribution < -0.4 is 9.47 Å². The Kier molecular flexibility index (Phi) is 5.88. The Hall–Kier alpha value is -2.12. The van der Waals surface area contributed by atoms with Gasteiger partial charge in [-0.05, 0) is 51.1 Å². The van der Waals surface area contributed by atoms with Crippen molar-refractivity contribution < 1.29 is 19.4 Å². The van der Waals surface area contributed by atoms with Crippen molar-refractivity contribution in [2.45, 2.75) is 19.8 Å². The van der Waals surface area contributed by atoms with Crippen molar-refractivity contribution in [2.24, 2.45) is 0 Å². The number of thiazole rings is 1. The summed E-state index contributed by atoms with van der Waals surface area (Å²) in [4.78, 5) is 17.5. The summed E-state index contributed by atoms with van der Waals surface area (Å²) in [5.41, 5.74) is 0.886. The Labute approximate surface area is 151 Å². The van der Waals surface area contributed by atoms with Crippen LogP contribution in [0.15, 0.2) is 23.6 Å². The molecular weight excluding hydrogens is 340 g/mol. The standard InChI is InChI=1S/C18H22N2O4S/c1-2-23-16-11-13(17-19-14(12-25-17)18(21)22)5-6-15(16)24-10-9-20-7-3-4-8-20/h5-6,11-12H,2-4,7-10H2,1H3,(H,21,22). The summed E-state index contributed by atoms with van der Waals surface area (Å²) >= 11 is 1.30. The monoisotopic (exact) mass is 362 g/mol. The number of ether oxygens (including phenoxy) is 2. The van der Waals surface area contributed by atoms with Gasteiger partial charge >= 0.3 is 5.97 Å². The molecule has 1 aromatic heterocycles. The molecule has 0 saturated carbocycles. The summed E-state index contributed by atoms with van der Waals surface area (Å²) in [5, 5.41) is 11.2. The number of carbonyl (C=O) groups is 1. The van der Waals surface area contributed by atoms with Gasteiger partial charge in [0.2, 0.25) is 0 Å². The molecule has 1 aromatic carbocycles. The van der Waals surface area contributed by atoms with Gasteiger partial charge in [-0.15, -0.1) is 11.3 Å². The van der Waals surface area contributed by atoms with Crippen molar-refractivity contribution >= 4 is 17.3 Å². The molecule has 0 amide bonds. The van der Waals surface area contributed by atoms with Gasteiger partial charge in [-0.25, -0.2) is 9.78 Å². The molecule has 1 N–H and O–H groups in total. The first-order valence-corrected chi connectivity index (χ1v) is 9.36. The molecule has 0 unspecified atom stereocenters. The lowest BCUT2D eigenvalue weighted by molar-refractivity contribution is 0.0691. The van der Waals surface area contributed by atoms with E-state index in [4.69, 9.17) is 14.6 Å². The molecule has 0 bridgehead atoms. The van der Waals surface area contributed by atoms with E-state index in [9.17, 15) is 4.79 Å². The summed E-state index contributed by atoms with van der Waals surface area (Å²) in [6.07, 6.45) is 2.54. The maximum Gasteiger partial charge on any atom is 0.355 e. The molecule has 0 radical (unpaired) electrons. The Morgan fingerprint density at radius 1 is 1.28 bits per heavy atom. The number of nitrogens with zero attached hydrogens (tertiary/aromatic N) is 2. The topological polar surface area (TPSA) is 71.9 Å². The number of carboxylic acid groups (broad SMARTS) is 1. The molecule has 134 valence electrons. The van der Waals surface area contributed by atoms with Crippen LogP contribution in [0.5, 0.6) is 11.5 Å². The molecule has 1 aliphatic heterocycles. The molecule has 25 heavy (non-hydrogen) atoms. The quantitative estimate of drug-likeness (QED) is 0.776. The Morgan fingerprint density at radius 2 is 2.08 bits per heavy atom. The number of aromatic carboxylic acids is 1. The first-order valence-electron chi connectivity index (χ1n) is 8.48. The van der Waals surface area contributed by atoms with E-state index in [2.05, 4.69) is 9.88 Å². The van der Waals surface area contributed by atoms with Gasteiger partial charge in [0, 0.05) is 17.5 Å². The van der Waals surface area contributed by atoms with E-state index in [0.717, 1.165) is 25.2 Å². The van der Waals surface area contributed by atoms with Gasteiger partial charge in [0.15, 0.2) is 17.2 Å². The van der Waals surface area contributed by atoms with E-state index in [0.29, 0.717) is 29.7 Å². The minimum absolute atomic E-state index is 0.0592. The zero-order valence-electron chi connectivity index (χ0n) is 14.2. The highest BCUT2D eigenvalue weighted by molar-refractivity contribution is 7.13. The van der Waals surface area contributed by atoms with Crippen LogP contribution in [-0.4, -0.2) is 53.8 Å². The molecule has 7 heteroatoms. The molecule has 0 aliphatic carbocycles. The molecule has 2 heterocycles. The van der Waals surface area contributed by atoms with Gasteiger partial charge in [0.05, 0.1) is 6.61 Å². The van der Waals surface area contributed by atoms with Gasteiger partial charge in [-0.1, -0.05) is 0 Å². The zero-order chi connectivity index (χ0) is 17.6. The molecule has 1 aliphatic rings. The van der Waals surface area contributed by atoms with Gasteiger partial charge in [0.25, 0.3) is 0 Å². The van der Waals surface area contributed by atoms with E-state index in [1.807, 2.05) is 25.1 Å². The normalized spacial score (nSPS) is 14.6. The number of hydrogen-bond donors (Lipinski definition) is 1. The lowest BCUT2D eigenvalue weighted by atomic mass is 10.2. The van der Waals surface area contributed by atoms with Crippen molar-refractivity contribution in [2.75, 3.05) is 32.8 Å². The second-order valence-electron chi connectivity index (χ2n) is 5.83. The van der Waals surface area contributed by atoms with Gasteiger partial charge in [-0.3, -0.25) is 4.90 Å². The zero-order valence-corrected chi connectivity index (χ0v) is 15.1. The van der Waals surface area contributed by atoms with E-state index < -0.39 is 5.97 Å². The summed E-state index contributed by atoms with van der Waals surface area (Å²) < 4.78 is 11.6. The minimum Gasteiger partial charge on any atom is -0.490 e.